The van der Waals surface area contributed by atoms with Gasteiger partial charge in [-0.1, -0.05) is 42.6 Å². The molecule has 0 aromatic heterocycles. The molecule has 0 spiro atoms. The molecule has 21 heavy (non-hydrogen) atoms. The number of halogens is 1. The molecule has 4 heteroatoms. The van der Waals surface area contributed by atoms with Crippen molar-refractivity contribution in [1.29, 1.82) is 0 Å². The Kier molecular flexibility index (Phi) is 5.65. The molecule has 116 valence electrons. The molecule has 1 amide bonds. The number of amides is 1. The Morgan fingerprint density at radius 1 is 1.29 bits per heavy atom. The van der Waals surface area contributed by atoms with Gasteiger partial charge in [0.1, 0.15) is 0 Å². The first-order valence-electron chi connectivity index (χ1n) is 7.68. The number of carbonyl (C=O) groups excluding carboxylic acids is 1. The van der Waals surface area contributed by atoms with E-state index in [-0.39, 0.29) is 18.0 Å². The van der Waals surface area contributed by atoms with Crippen LogP contribution in [0.1, 0.15) is 44.2 Å². The third-order valence-electron chi connectivity index (χ3n) is 4.39. The Bertz CT molecular complexity index is 489. The first kappa shape index (κ1) is 16.3. The predicted molar refractivity (Wildman–Crippen MR) is 87.4 cm³/mol. The Hall–Kier alpha value is -1.06. The van der Waals surface area contributed by atoms with Gasteiger partial charge in [0.05, 0.1) is 0 Å². The van der Waals surface area contributed by atoms with Crippen molar-refractivity contribution in [1.82, 2.24) is 10.2 Å². The molecule has 1 aliphatic carbocycles. The summed E-state index contributed by atoms with van der Waals surface area (Å²) in [6.45, 7) is 1.60. The number of nitrogens with one attached hydrogen (secondary N) is 1. The van der Waals surface area contributed by atoms with Crippen molar-refractivity contribution in [2.75, 3.05) is 14.1 Å². The maximum absolute atomic E-state index is 11.5. The van der Waals surface area contributed by atoms with Crippen molar-refractivity contribution >= 4 is 17.5 Å². The topological polar surface area (TPSA) is 32.3 Å². The van der Waals surface area contributed by atoms with E-state index in [1.165, 1.54) is 12.8 Å². The van der Waals surface area contributed by atoms with Crippen LogP contribution in [-0.4, -0.2) is 30.9 Å². The van der Waals surface area contributed by atoms with Gasteiger partial charge in [0, 0.05) is 24.0 Å². The van der Waals surface area contributed by atoms with Gasteiger partial charge in [-0.3, -0.25) is 4.79 Å². The number of carbonyl (C=O) groups is 1. The summed E-state index contributed by atoms with van der Waals surface area (Å²) in [6, 6.07) is 8.52. The highest BCUT2D eigenvalue weighted by atomic mass is 35.5. The summed E-state index contributed by atoms with van der Waals surface area (Å²) in [5.74, 6) is 0.459. The summed E-state index contributed by atoms with van der Waals surface area (Å²) in [4.78, 5) is 13.7. The molecule has 1 aromatic carbocycles. The Labute approximate surface area is 132 Å². The van der Waals surface area contributed by atoms with Crippen LogP contribution in [-0.2, 0) is 4.79 Å². The van der Waals surface area contributed by atoms with E-state index in [0.29, 0.717) is 5.92 Å². The van der Waals surface area contributed by atoms with Crippen LogP contribution in [0.2, 0.25) is 5.02 Å². The number of nitrogens with zero attached hydrogens (tertiary/aromatic N) is 1. The molecule has 3 nitrogen and oxygen atoms in total. The van der Waals surface area contributed by atoms with Crippen LogP contribution in [0.15, 0.2) is 24.3 Å². The minimum absolute atomic E-state index is 0.0589. The molecular weight excluding hydrogens is 284 g/mol. The molecule has 2 rings (SSSR count). The van der Waals surface area contributed by atoms with Crippen LogP contribution >= 0.6 is 11.6 Å². The quantitative estimate of drug-likeness (QED) is 0.921. The molecule has 0 aliphatic heterocycles. The van der Waals surface area contributed by atoms with Gasteiger partial charge in [0.2, 0.25) is 5.91 Å². The number of rotatable bonds is 4. The van der Waals surface area contributed by atoms with Crippen LogP contribution < -0.4 is 5.32 Å². The van der Waals surface area contributed by atoms with E-state index in [1.807, 2.05) is 18.2 Å². The molecule has 1 saturated carbocycles. The van der Waals surface area contributed by atoms with Crippen LogP contribution in [0.3, 0.4) is 0 Å². The van der Waals surface area contributed by atoms with Gasteiger partial charge < -0.3 is 10.2 Å². The highest BCUT2D eigenvalue weighted by Gasteiger charge is 2.35. The van der Waals surface area contributed by atoms with Crippen LogP contribution in [0, 0.1) is 5.92 Å². The van der Waals surface area contributed by atoms with Gasteiger partial charge in [0.15, 0.2) is 0 Å². The van der Waals surface area contributed by atoms with Crippen molar-refractivity contribution in [2.45, 2.75) is 44.7 Å². The van der Waals surface area contributed by atoms with Crippen molar-refractivity contribution < 1.29 is 4.79 Å². The molecule has 1 unspecified atom stereocenters. The zero-order valence-corrected chi connectivity index (χ0v) is 13.9. The summed E-state index contributed by atoms with van der Waals surface area (Å²) in [7, 11) is 4.18. The Morgan fingerprint density at radius 2 is 1.95 bits per heavy atom. The van der Waals surface area contributed by atoms with Gasteiger partial charge in [-0.2, -0.15) is 0 Å². The zero-order valence-electron chi connectivity index (χ0n) is 13.1. The lowest BCUT2D eigenvalue weighted by atomic mass is 9.77. The largest absolute Gasteiger partial charge is 0.353 e. The molecule has 0 radical (unpaired) electrons. The van der Waals surface area contributed by atoms with E-state index in [9.17, 15) is 4.79 Å². The van der Waals surface area contributed by atoms with E-state index in [4.69, 9.17) is 11.6 Å². The molecule has 0 saturated heterocycles. The Morgan fingerprint density at radius 3 is 2.57 bits per heavy atom. The van der Waals surface area contributed by atoms with Gasteiger partial charge in [-0.05, 0) is 44.5 Å². The average molecular weight is 309 g/mol. The normalized spacial score (nSPS) is 23.9. The molecule has 1 aromatic rings. The van der Waals surface area contributed by atoms with Crippen LogP contribution in [0.4, 0.5) is 0 Å². The van der Waals surface area contributed by atoms with E-state index >= 15 is 0 Å². The lowest BCUT2D eigenvalue weighted by Gasteiger charge is -2.41. The maximum Gasteiger partial charge on any atom is 0.217 e. The second-order valence-electron chi connectivity index (χ2n) is 6.19. The monoisotopic (exact) mass is 308 g/mol. The summed E-state index contributed by atoms with van der Waals surface area (Å²) >= 11 is 6.42. The second kappa shape index (κ2) is 7.28. The lowest BCUT2D eigenvalue weighted by molar-refractivity contribution is -0.120. The van der Waals surface area contributed by atoms with Crippen LogP contribution in [0.25, 0.3) is 0 Å². The first-order chi connectivity index (χ1) is 10.0. The summed E-state index contributed by atoms with van der Waals surface area (Å²) in [5, 5.41) is 3.96. The SMILES string of the molecule is CC(=O)N[C@@H]1CCCC[C@H]1C(c1ccccc1Cl)N(C)C. The molecule has 3 atom stereocenters. The molecular formula is C17H25ClN2O. The summed E-state index contributed by atoms with van der Waals surface area (Å²) < 4.78 is 0. The lowest BCUT2D eigenvalue weighted by Crippen LogP contribution is -2.46. The number of hydrogen-bond donors (Lipinski definition) is 1. The standard InChI is InChI=1S/C17H25ClN2O/c1-12(21)19-16-11-7-5-9-14(16)17(20(2)3)13-8-4-6-10-15(13)18/h4,6,8,10,14,16-17H,5,7,9,11H2,1-3H3,(H,19,21)/t14-,16-,17?/m1/s1. The number of benzene rings is 1. The first-order valence-corrected chi connectivity index (χ1v) is 8.06. The fourth-order valence-electron chi connectivity index (χ4n) is 3.58. The minimum atomic E-state index is 0.0589. The van der Waals surface area contributed by atoms with E-state index in [0.717, 1.165) is 23.4 Å². The van der Waals surface area contributed by atoms with Gasteiger partial charge in [0.25, 0.3) is 0 Å². The molecule has 1 N–H and O–H groups in total. The van der Waals surface area contributed by atoms with Crippen molar-refractivity contribution in [3.8, 4) is 0 Å². The molecule has 1 aliphatic rings. The smallest absolute Gasteiger partial charge is 0.217 e. The summed E-state index contributed by atoms with van der Waals surface area (Å²) in [5.41, 5.74) is 1.16. The van der Waals surface area contributed by atoms with Crippen molar-refractivity contribution in [3.05, 3.63) is 34.9 Å². The average Bonchev–Trinajstić information content (AvgIpc) is 2.42. The van der Waals surface area contributed by atoms with E-state index < -0.39 is 0 Å². The van der Waals surface area contributed by atoms with E-state index in [1.54, 1.807) is 6.92 Å². The Balaban J connectivity index is 2.31. The minimum Gasteiger partial charge on any atom is -0.353 e. The van der Waals surface area contributed by atoms with Crippen molar-refractivity contribution in [2.24, 2.45) is 5.92 Å². The summed E-state index contributed by atoms with van der Waals surface area (Å²) in [6.07, 6.45) is 4.58. The zero-order chi connectivity index (χ0) is 15.4. The predicted octanol–water partition coefficient (Wildman–Crippen LogP) is 3.64. The molecule has 0 bridgehead atoms. The third-order valence-corrected chi connectivity index (χ3v) is 4.74. The third kappa shape index (κ3) is 3.98. The van der Waals surface area contributed by atoms with Crippen LogP contribution in [0.5, 0.6) is 0 Å². The molecule has 0 heterocycles. The van der Waals surface area contributed by atoms with Gasteiger partial charge in [-0.25, -0.2) is 0 Å². The fraction of sp³-hybridized carbons (Fsp3) is 0.588. The maximum atomic E-state index is 11.5. The highest BCUT2D eigenvalue weighted by Crippen LogP contribution is 2.39. The molecule has 1 fully saturated rings. The number of hydrogen-bond acceptors (Lipinski definition) is 2. The van der Waals surface area contributed by atoms with Gasteiger partial charge >= 0.3 is 0 Å². The highest BCUT2D eigenvalue weighted by molar-refractivity contribution is 6.31. The second-order valence-corrected chi connectivity index (χ2v) is 6.59. The van der Waals surface area contributed by atoms with E-state index in [2.05, 4.69) is 30.4 Å². The van der Waals surface area contributed by atoms with Crippen molar-refractivity contribution in [3.63, 3.8) is 0 Å². The fourth-order valence-corrected chi connectivity index (χ4v) is 3.83. The van der Waals surface area contributed by atoms with Gasteiger partial charge in [-0.15, -0.1) is 0 Å².